The first-order valence-electron chi connectivity index (χ1n) is 9.14. The number of hydrogen-bond acceptors (Lipinski definition) is 3. The van der Waals surface area contributed by atoms with Crippen molar-refractivity contribution in [1.82, 2.24) is 4.90 Å². The number of rotatable bonds is 3. The van der Waals surface area contributed by atoms with Crippen LogP contribution >= 0.6 is 11.6 Å². The van der Waals surface area contributed by atoms with Crippen LogP contribution in [0.3, 0.4) is 0 Å². The molecule has 0 bridgehead atoms. The minimum Gasteiger partial charge on any atom is -0.495 e. The number of nitrogens with one attached hydrogen (secondary N) is 1. The molecule has 0 aromatic heterocycles. The zero-order valence-electron chi connectivity index (χ0n) is 15.1. The van der Waals surface area contributed by atoms with Gasteiger partial charge in [0.2, 0.25) is 5.91 Å². The van der Waals surface area contributed by atoms with Crippen molar-refractivity contribution >= 4 is 29.1 Å². The Morgan fingerprint density at radius 2 is 2.04 bits per heavy atom. The van der Waals surface area contributed by atoms with Gasteiger partial charge in [-0.3, -0.25) is 9.59 Å². The summed E-state index contributed by atoms with van der Waals surface area (Å²) in [5, 5.41) is 3.41. The molecule has 2 aliphatic rings. The number of anilines is 1. The van der Waals surface area contributed by atoms with Crippen molar-refractivity contribution in [2.45, 2.75) is 31.2 Å². The molecule has 1 fully saturated rings. The molecule has 0 radical (unpaired) electrons. The Bertz CT molecular complexity index is 899. The van der Waals surface area contributed by atoms with E-state index < -0.39 is 0 Å². The molecule has 2 heterocycles. The lowest BCUT2D eigenvalue weighted by Gasteiger charge is -2.44. The Labute approximate surface area is 163 Å². The molecule has 5 nitrogen and oxygen atoms in total. The summed E-state index contributed by atoms with van der Waals surface area (Å²) in [5.41, 5.74) is 2.05. The second-order valence-corrected chi connectivity index (χ2v) is 7.37. The molecule has 0 spiro atoms. The van der Waals surface area contributed by atoms with Crippen molar-refractivity contribution in [3.63, 3.8) is 0 Å². The summed E-state index contributed by atoms with van der Waals surface area (Å²) in [7, 11) is 1.55. The normalized spacial score (nSPS) is 21.3. The average molecular weight is 385 g/mol. The molecule has 2 aromatic rings. The van der Waals surface area contributed by atoms with Crippen molar-refractivity contribution in [3.8, 4) is 5.75 Å². The molecule has 0 aliphatic carbocycles. The number of halogens is 1. The molecule has 1 saturated heterocycles. The van der Waals surface area contributed by atoms with Crippen LogP contribution in [0.25, 0.3) is 0 Å². The van der Waals surface area contributed by atoms with Gasteiger partial charge in [-0.1, -0.05) is 29.8 Å². The number of carbonyl (C=O) groups is 2. The van der Waals surface area contributed by atoms with Gasteiger partial charge in [0, 0.05) is 23.8 Å². The number of ether oxygens (including phenoxy) is 1. The zero-order valence-corrected chi connectivity index (χ0v) is 15.8. The topological polar surface area (TPSA) is 58.6 Å². The maximum absolute atomic E-state index is 13.2. The van der Waals surface area contributed by atoms with Crippen LogP contribution in [-0.2, 0) is 4.79 Å². The van der Waals surface area contributed by atoms with E-state index in [1.54, 1.807) is 25.3 Å². The molecule has 2 aliphatic heterocycles. The Morgan fingerprint density at radius 1 is 1.22 bits per heavy atom. The van der Waals surface area contributed by atoms with Crippen LogP contribution in [0.5, 0.6) is 5.75 Å². The van der Waals surface area contributed by atoms with E-state index in [4.69, 9.17) is 16.3 Å². The van der Waals surface area contributed by atoms with Gasteiger partial charge in [0.05, 0.1) is 18.1 Å². The number of benzene rings is 2. The van der Waals surface area contributed by atoms with Crippen molar-refractivity contribution in [3.05, 3.63) is 58.6 Å². The highest BCUT2D eigenvalue weighted by Gasteiger charge is 2.43. The van der Waals surface area contributed by atoms with Gasteiger partial charge in [-0.05, 0) is 49.1 Å². The van der Waals surface area contributed by atoms with Crippen molar-refractivity contribution < 1.29 is 14.3 Å². The fraction of sp³-hybridized carbons (Fsp3) is 0.333. The van der Waals surface area contributed by atoms with Crippen LogP contribution in [0.15, 0.2) is 42.5 Å². The lowest BCUT2D eigenvalue weighted by molar-refractivity contribution is -0.119. The van der Waals surface area contributed by atoms with E-state index >= 15 is 0 Å². The molecule has 1 N–H and O–H groups in total. The van der Waals surface area contributed by atoms with E-state index in [1.807, 2.05) is 29.2 Å². The monoisotopic (exact) mass is 384 g/mol. The number of piperidine rings is 1. The summed E-state index contributed by atoms with van der Waals surface area (Å²) in [5.74, 6) is 0.0849. The second kappa shape index (κ2) is 7.24. The number of amides is 2. The molecular weight excluding hydrogens is 364 g/mol. The highest BCUT2D eigenvalue weighted by atomic mass is 35.5. The maximum atomic E-state index is 13.2. The minimum atomic E-state index is -0.389. The molecule has 2 unspecified atom stereocenters. The Morgan fingerprint density at radius 3 is 2.81 bits per heavy atom. The number of fused-ring (bicyclic) bond motifs is 2. The summed E-state index contributed by atoms with van der Waals surface area (Å²) in [6.45, 7) is 0.704. The van der Waals surface area contributed by atoms with Crippen molar-refractivity contribution in [1.29, 1.82) is 0 Å². The fourth-order valence-electron chi connectivity index (χ4n) is 4.16. The average Bonchev–Trinajstić information content (AvgIpc) is 2.68. The van der Waals surface area contributed by atoms with Crippen LogP contribution in [0.4, 0.5) is 5.69 Å². The number of methoxy groups -OCH3 is 1. The number of carbonyl (C=O) groups excluding carboxylic acids is 2. The van der Waals surface area contributed by atoms with E-state index in [9.17, 15) is 9.59 Å². The molecule has 2 aromatic carbocycles. The highest BCUT2D eigenvalue weighted by Crippen LogP contribution is 2.39. The highest BCUT2D eigenvalue weighted by molar-refractivity contribution is 6.32. The predicted octanol–water partition coefficient (Wildman–Crippen LogP) is 4.08. The minimum absolute atomic E-state index is 0.0341. The first-order valence-corrected chi connectivity index (χ1v) is 9.52. The van der Waals surface area contributed by atoms with Gasteiger partial charge in [0.15, 0.2) is 0 Å². The number of nitrogens with zero attached hydrogens (tertiary/aromatic N) is 1. The SMILES string of the molecule is COc1ccc(NC(=O)C2c3ccccc3C(=O)N3CCCCC23)cc1Cl. The summed E-state index contributed by atoms with van der Waals surface area (Å²) in [6, 6.07) is 12.5. The van der Waals surface area contributed by atoms with Crippen molar-refractivity contribution in [2.24, 2.45) is 0 Å². The molecule has 140 valence electrons. The van der Waals surface area contributed by atoms with Crippen LogP contribution in [0.1, 0.15) is 41.1 Å². The second-order valence-electron chi connectivity index (χ2n) is 6.97. The van der Waals surface area contributed by atoms with Crippen LogP contribution in [0.2, 0.25) is 5.02 Å². The van der Waals surface area contributed by atoms with E-state index in [1.165, 1.54) is 0 Å². The number of hydrogen-bond donors (Lipinski definition) is 1. The third-order valence-electron chi connectivity index (χ3n) is 5.42. The summed E-state index contributed by atoms with van der Waals surface area (Å²) in [4.78, 5) is 28.0. The van der Waals surface area contributed by atoms with E-state index in [0.29, 0.717) is 28.6 Å². The van der Waals surface area contributed by atoms with Gasteiger partial charge < -0.3 is 15.0 Å². The van der Waals surface area contributed by atoms with Gasteiger partial charge in [-0.25, -0.2) is 0 Å². The summed E-state index contributed by atoms with van der Waals surface area (Å²) < 4.78 is 5.16. The third kappa shape index (κ3) is 3.16. The first kappa shape index (κ1) is 17.9. The standard InChI is InChI=1S/C21H21ClN2O3/c1-27-18-10-9-13(12-16(18)22)23-20(25)19-14-6-2-3-7-15(14)21(26)24-11-5-4-8-17(19)24/h2-3,6-7,9-10,12,17,19H,4-5,8,11H2,1H3,(H,23,25). The molecule has 27 heavy (non-hydrogen) atoms. The Balaban J connectivity index is 1.68. The lowest BCUT2D eigenvalue weighted by atomic mass is 9.78. The van der Waals surface area contributed by atoms with Crippen LogP contribution in [0, 0.1) is 0 Å². The van der Waals surface area contributed by atoms with E-state index in [2.05, 4.69) is 5.32 Å². The van der Waals surface area contributed by atoms with Gasteiger partial charge in [0.25, 0.3) is 5.91 Å². The molecule has 2 atom stereocenters. The smallest absolute Gasteiger partial charge is 0.254 e. The zero-order chi connectivity index (χ0) is 19.0. The van der Waals surface area contributed by atoms with Gasteiger partial charge in [-0.2, -0.15) is 0 Å². The van der Waals surface area contributed by atoms with Gasteiger partial charge >= 0.3 is 0 Å². The lowest BCUT2D eigenvalue weighted by Crippen LogP contribution is -2.53. The maximum Gasteiger partial charge on any atom is 0.254 e. The third-order valence-corrected chi connectivity index (χ3v) is 5.72. The fourth-order valence-corrected chi connectivity index (χ4v) is 4.42. The van der Waals surface area contributed by atoms with Crippen LogP contribution < -0.4 is 10.1 Å². The Hall–Kier alpha value is -2.53. The van der Waals surface area contributed by atoms with E-state index in [0.717, 1.165) is 24.8 Å². The summed E-state index contributed by atoms with van der Waals surface area (Å²) >= 11 is 6.18. The van der Waals surface area contributed by atoms with Gasteiger partial charge in [0.1, 0.15) is 5.75 Å². The Kier molecular flexibility index (Phi) is 4.79. The molecule has 6 heteroatoms. The largest absolute Gasteiger partial charge is 0.495 e. The quantitative estimate of drug-likeness (QED) is 0.867. The van der Waals surface area contributed by atoms with E-state index in [-0.39, 0.29) is 23.8 Å². The molecule has 0 saturated carbocycles. The summed E-state index contributed by atoms with van der Waals surface area (Å²) in [6.07, 6.45) is 2.84. The molecule has 4 rings (SSSR count). The van der Waals surface area contributed by atoms with Gasteiger partial charge in [-0.15, -0.1) is 0 Å². The van der Waals surface area contributed by atoms with Crippen molar-refractivity contribution in [2.75, 3.05) is 19.0 Å². The predicted molar refractivity (Wildman–Crippen MR) is 104 cm³/mol. The molecular formula is C21H21ClN2O3. The van der Waals surface area contributed by atoms with Crippen LogP contribution in [-0.4, -0.2) is 36.4 Å². The molecule has 2 amide bonds. The first-order chi connectivity index (χ1) is 13.1.